The molecular formula is C21H25BN2O4. The molecule has 1 aromatic heterocycles. The zero-order chi connectivity index (χ0) is 19.9. The van der Waals surface area contributed by atoms with Gasteiger partial charge in [-0.05, 0) is 38.8 Å². The van der Waals surface area contributed by atoms with Gasteiger partial charge < -0.3 is 14.0 Å². The number of hydrogen-bond acceptors (Lipinski definition) is 5. The number of rotatable bonds is 3. The van der Waals surface area contributed by atoms with Crippen LogP contribution in [-0.4, -0.2) is 34.3 Å². The maximum absolute atomic E-state index is 12.4. The third kappa shape index (κ3) is 3.52. The first-order valence-electron chi connectivity index (χ1n) is 9.54. The van der Waals surface area contributed by atoms with Crippen LogP contribution in [0.15, 0.2) is 42.6 Å². The highest BCUT2D eigenvalue weighted by atomic mass is 16.7. The topological polar surface area (TPSA) is 60.9 Å². The quantitative estimate of drug-likeness (QED) is 0.767. The molecule has 0 spiro atoms. The van der Waals surface area contributed by atoms with E-state index in [1.54, 1.807) is 11.1 Å². The van der Waals surface area contributed by atoms with Crippen LogP contribution in [0.3, 0.4) is 0 Å². The molecule has 1 amide bonds. The van der Waals surface area contributed by atoms with Gasteiger partial charge in [0.15, 0.2) is 0 Å². The molecule has 146 valence electrons. The number of ether oxygens (including phenoxy) is 1. The van der Waals surface area contributed by atoms with E-state index in [0.717, 1.165) is 22.3 Å². The van der Waals surface area contributed by atoms with Gasteiger partial charge >= 0.3 is 13.2 Å². The SMILES string of the molecule is CC1(C)OB(c2cnc3c(c2)CN(C(=O)OCc2ccccc2)C3)OC1(C)C. The molecule has 6 nitrogen and oxygen atoms in total. The average molecular weight is 380 g/mol. The van der Waals surface area contributed by atoms with Crippen molar-refractivity contribution in [2.45, 2.75) is 58.6 Å². The normalized spacial score (nSPS) is 19.6. The highest BCUT2D eigenvalue weighted by Gasteiger charge is 2.52. The summed E-state index contributed by atoms with van der Waals surface area (Å²) in [5.41, 5.74) is 2.93. The van der Waals surface area contributed by atoms with Crippen LogP contribution in [0.2, 0.25) is 0 Å². The fourth-order valence-corrected chi connectivity index (χ4v) is 3.33. The van der Waals surface area contributed by atoms with Gasteiger partial charge in [-0.15, -0.1) is 0 Å². The van der Waals surface area contributed by atoms with Gasteiger partial charge in [0.25, 0.3) is 0 Å². The molecule has 0 unspecified atom stereocenters. The molecule has 4 rings (SSSR count). The molecule has 1 aromatic carbocycles. The molecule has 28 heavy (non-hydrogen) atoms. The van der Waals surface area contributed by atoms with Crippen LogP contribution in [0.25, 0.3) is 0 Å². The fourth-order valence-electron chi connectivity index (χ4n) is 3.33. The first kappa shape index (κ1) is 19.0. The smallest absolute Gasteiger partial charge is 0.445 e. The Bertz CT molecular complexity index is 869. The summed E-state index contributed by atoms with van der Waals surface area (Å²) in [7, 11) is -0.457. The molecular weight excluding hydrogens is 355 g/mol. The van der Waals surface area contributed by atoms with E-state index in [1.807, 2.05) is 64.1 Å². The van der Waals surface area contributed by atoms with Crippen molar-refractivity contribution in [2.75, 3.05) is 0 Å². The van der Waals surface area contributed by atoms with Crippen LogP contribution < -0.4 is 5.46 Å². The van der Waals surface area contributed by atoms with Crippen LogP contribution in [0, 0.1) is 0 Å². The lowest BCUT2D eigenvalue weighted by atomic mass is 9.79. The zero-order valence-electron chi connectivity index (χ0n) is 16.8. The lowest BCUT2D eigenvalue weighted by Crippen LogP contribution is -2.41. The molecule has 2 aromatic rings. The Morgan fingerprint density at radius 2 is 1.82 bits per heavy atom. The van der Waals surface area contributed by atoms with Crippen molar-refractivity contribution in [3.8, 4) is 0 Å². The lowest BCUT2D eigenvalue weighted by molar-refractivity contribution is 0.00578. The predicted molar refractivity (Wildman–Crippen MR) is 106 cm³/mol. The van der Waals surface area contributed by atoms with Gasteiger partial charge in [-0.1, -0.05) is 36.4 Å². The predicted octanol–water partition coefficient (Wildman–Crippen LogP) is 3.03. The van der Waals surface area contributed by atoms with E-state index in [9.17, 15) is 4.79 Å². The number of aromatic nitrogens is 1. The van der Waals surface area contributed by atoms with E-state index in [-0.39, 0.29) is 12.7 Å². The Hall–Kier alpha value is -2.38. The molecule has 0 N–H and O–H groups in total. The summed E-state index contributed by atoms with van der Waals surface area (Å²) in [4.78, 5) is 18.6. The van der Waals surface area contributed by atoms with Gasteiger partial charge in [-0.25, -0.2) is 4.79 Å². The first-order chi connectivity index (χ1) is 13.2. The number of nitrogens with zero attached hydrogens (tertiary/aromatic N) is 2. The summed E-state index contributed by atoms with van der Waals surface area (Å²) in [6.45, 7) is 9.29. The summed E-state index contributed by atoms with van der Waals surface area (Å²) in [6.07, 6.45) is 1.44. The minimum absolute atomic E-state index is 0.263. The molecule has 0 saturated carbocycles. The number of hydrogen-bond donors (Lipinski definition) is 0. The minimum atomic E-state index is -0.457. The van der Waals surface area contributed by atoms with Gasteiger partial charge in [0.2, 0.25) is 0 Å². The van der Waals surface area contributed by atoms with Crippen LogP contribution in [0.4, 0.5) is 4.79 Å². The van der Waals surface area contributed by atoms with E-state index < -0.39 is 18.3 Å². The van der Waals surface area contributed by atoms with Crippen LogP contribution in [0.5, 0.6) is 0 Å². The molecule has 2 aliphatic rings. The standard InChI is InChI=1S/C21H25BN2O4/c1-20(2)21(3,4)28-22(27-20)17-10-16-12-24(13-18(16)23-11-17)19(25)26-14-15-8-6-5-7-9-15/h5-11H,12-14H2,1-4H3. The maximum Gasteiger partial charge on any atom is 0.496 e. The van der Waals surface area contributed by atoms with E-state index >= 15 is 0 Å². The van der Waals surface area contributed by atoms with Gasteiger partial charge in [-0.3, -0.25) is 9.88 Å². The third-order valence-corrected chi connectivity index (χ3v) is 5.77. The highest BCUT2D eigenvalue weighted by Crippen LogP contribution is 2.36. The maximum atomic E-state index is 12.4. The number of benzene rings is 1. The Labute approximate surface area is 166 Å². The molecule has 7 heteroatoms. The number of carbonyl (C=O) groups is 1. The Morgan fingerprint density at radius 1 is 1.14 bits per heavy atom. The van der Waals surface area contributed by atoms with Crippen molar-refractivity contribution in [2.24, 2.45) is 0 Å². The van der Waals surface area contributed by atoms with Crippen LogP contribution in [0.1, 0.15) is 44.5 Å². The highest BCUT2D eigenvalue weighted by molar-refractivity contribution is 6.62. The summed E-state index contributed by atoms with van der Waals surface area (Å²) in [6, 6.07) is 11.7. The second-order valence-electron chi connectivity index (χ2n) is 8.36. The Balaban J connectivity index is 1.41. The average Bonchev–Trinajstić information content (AvgIpc) is 3.18. The van der Waals surface area contributed by atoms with Gasteiger partial charge in [0, 0.05) is 11.7 Å². The largest absolute Gasteiger partial charge is 0.496 e. The molecule has 0 radical (unpaired) electrons. The van der Waals surface area contributed by atoms with Crippen molar-refractivity contribution in [3.05, 3.63) is 59.4 Å². The summed E-state index contributed by atoms with van der Waals surface area (Å²) >= 11 is 0. The van der Waals surface area contributed by atoms with Gasteiger partial charge in [0.1, 0.15) is 6.61 Å². The first-order valence-corrected chi connectivity index (χ1v) is 9.54. The lowest BCUT2D eigenvalue weighted by Gasteiger charge is -2.32. The molecule has 0 atom stereocenters. The van der Waals surface area contributed by atoms with Crippen molar-refractivity contribution < 1.29 is 18.8 Å². The van der Waals surface area contributed by atoms with E-state index in [4.69, 9.17) is 14.0 Å². The number of amides is 1. The zero-order valence-corrected chi connectivity index (χ0v) is 16.8. The van der Waals surface area contributed by atoms with E-state index in [2.05, 4.69) is 4.98 Å². The van der Waals surface area contributed by atoms with Gasteiger partial charge in [0.05, 0.1) is 30.0 Å². The Kier molecular flexibility index (Phi) is 4.67. The van der Waals surface area contributed by atoms with E-state index in [0.29, 0.717) is 13.1 Å². The van der Waals surface area contributed by atoms with Crippen molar-refractivity contribution in [3.63, 3.8) is 0 Å². The summed E-state index contributed by atoms with van der Waals surface area (Å²) < 4.78 is 17.6. The second kappa shape index (κ2) is 6.90. The second-order valence-corrected chi connectivity index (χ2v) is 8.36. The molecule has 2 aliphatic heterocycles. The molecule has 3 heterocycles. The summed E-state index contributed by atoms with van der Waals surface area (Å²) in [5.74, 6) is 0. The van der Waals surface area contributed by atoms with E-state index in [1.165, 1.54) is 0 Å². The third-order valence-electron chi connectivity index (χ3n) is 5.77. The number of fused-ring (bicyclic) bond motifs is 1. The monoisotopic (exact) mass is 380 g/mol. The fraction of sp³-hybridized carbons (Fsp3) is 0.429. The molecule has 1 fully saturated rings. The number of carbonyl (C=O) groups excluding carboxylic acids is 1. The Morgan fingerprint density at radius 3 is 2.50 bits per heavy atom. The van der Waals surface area contributed by atoms with Crippen molar-refractivity contribution >= 4 is 18.7 Å². The van der Waals surface area contributed by atoms with Crippen molar-refractivity contribution in [1.29, 1.82) is 0 Å². The van der Waals surface area contributed by atoms with Crippen LogP contribution in [-0.2, 0) is 33.7 Å². The summed E-state index contributed by atoms with van der Waals surface area (Å²) in [5, 5.41) is 0. The molecule has 0 aliphatic carbocycles. The molecule has 0 bridgehead atoms. The number of pyridine rings is 1. The van der Waals surface area contributed by atoms with Gasteiger partial charge in [-0.2, -0.15) is 0 Å². The molecule has 1 saturated heterocycles. The minimum Gasteiger partial charge on any atom is -0.445 e. The van der Waals surface area contributed by atoms with Crippen molar-refractivity contribution in [1.82, 2.24) is 9.88 Å². The van der Waals surface area contributed by atoms with Crippen LogP contribution >= 0.6 is 0 Å².